The van der Waals surface area contributed by atoms with Gasteiger partial charge < -0.3 is 9.97 Å². The first-order valence-corrected chi connectivity index (χ1v) is 23.3. The zero-order chi connectivity index (χ0) is 43.1. The number of benzene rings is 3. The molecule has 8 bridgehead atoms. The Kier molecular flexibility index (Phi) is 15.0. The Labute approximate surface area is 406 Å². The van der Waals surface area contributed by atoms with E-state index in [1.165, 1.54) is 95.7 Å². The van der Waals surface area contributed by atoms with Crippen molar-refractivity contribution in [2.45, 2.75) is 117 Å². The number of hydrogen-bond donors (Lipinski definition) is 0. The van der Waals surface area contributed by atoms with Gasteiger partial charge in [-0.15, -0.1) is 22.1 Å². The van der Waals surface area contributed by atoms with Crippen molar-refractivity contribution in [2.75, 3.05) is 0 Å². The van der Waals surface area contributed by atoms with Gasteiger partial charge in [-0.2, -0.15) is 0 Å². The van der Waals surface area contributed by atoms with Crippen LogP contribution >= 0.6 is 11.8 Å². The summed E-state index contributed by atoms with van der Waals surface area (Å²) in [4.78, 5) is 34.9. The molecular weight excluding hydrogens is 898 g/mol. The van der Waals surface area contributed by atoms with Crippen molar-refractivity contribution in [1.82, 2.24) is 19.9 Å². The summed E-state index contributed by atoms with van der Waals surface area (Å²) >= 11 is 1.24. The number of aryl methyl sites for hydroxylation is 6. The normalized spacial score (nSPS) is 14.2. The number of thioether (sulfide) groups is 1. The maximum Gasteiger partial charge on any atom is 2.00 e. The van der Waals surface area contributed by atoms with Crippen LogP contribution in [0.25, 0.3) is 79.8 Å². The summed E-state index contributed by atoms with van der Waals surface area (Å²) < 4.78 is 0. The smallest absolute Gasteiger partial charge is 0.657 e. The summed E-state index contributed by atoms with van der Waals surface area (Å²) in [6, 6.07) is 25.9. The van der Waals surface area contributed by atoms with E-state index in [9.17, 15) is 4.79 Å². The Morgan fingerprint density at radius 1 is 0.516 bits per heavy atom. The molecule has 0 amide bonds. The van der Waals surface area contributed by atoms with Crippen LogP contribution in [-0.4, -0.2) is 15.1 Å². The van der Waals surface area contributed by atoms with E-state index in [0.717, 1.165) is 96.0 Å². The summed E-state index contributed by atoms with van der Waals surface area (Å²) in [7, 11) is 0. The van der Waals surface area contributed by atoms with Gasteiger partial charge in [0.1, 0.15) is 0 Å². The van der Waals surface area contributed by atoms with E-state index >= 15 is 0 Å². The summed E-state index contributed by atoms with van der Waals surface area (Å²) in [5, 5.41) is 0.0563. The molecule has 8 heteroatoms. The van der Waals surface area contributed by atoms with E-state index in [-0.39, 0.29) is 41.7 Å². The molecule has 0 radical (unpaired) electrons. The molecule has 5 nitrogen and oxygen atoms in total. The standard InChI is InChI=1S/C51H46N4OS.C5H10.Fe.Zn/c1-28-24-30(3)46(31(4)25-28)50-42-20-16-38(52-42)48(35-10-8-9-11-35)39-17-21-43(53-39)51(47-32(5)26-29(2)27-33(47)6)45-23-19-41(55-45)49(40-18-22-44(50)54-40)36-12-14-37(15-13-36)57-34(7)56;1-2-4-5-3-1;;/h12-27,35H,8-11H2,1-7H3;1-5H2;;/q-2;;2*+2. The minimum atomic E-state index is 0. The predicted octanol–water partition coefficient (Wildman–Crippen LogP) is 15.0. The molecule has 2 aliphatic heterocycles. The van der Waals surface area contributed by atoms with Crippen LogP contribution in [-0.2, 0) is 41.3 Å². The first kappa shape index (κ1) is 47.4. The molecular formula is C56H56FeN4OSZn+2. The molecule has 0 atom stereocenters. The largest absolute Gasteiger partial charge is 2.00 e. The molecule has 0 spiro atoms. The molecule has 2 saturated carbocycles. The minimum Gasteiger partial charge on any atom is -0.657 e. The SMILES string of the molecule is C1CCCC1.CC(=O)Sc1ccc(-c2c3nc(c(-c4c(C)cc(C)cc4C)c4ccc([n-]4)c(C4CCCC4)c4nc(c(-c5c(C)cc(C)cc5C)c5ccc2[n-]5)C=C4)C=C3)cc1.[Fe+2].[Zn+2]. The van der Waals surface area contributed by atoms with Gasteiger partial charge in [0, 0.05) is 11.8 Å². The van der Waals surface area contributed by atoms with Crippen molar-refractivity contribution in [1.29, 1.82) is 0 Å². The van der Waals surface area contributed by atoms with Crippen LogP contribution in [0.4, 0.5) is 0 Å². The molecule has 0 saturated heterocycles. The average Bonchev–Trinajstić information content (AvgIpc) is 4.09. The number of carbonyl (C=O) groups is 1. The van der Waals surface area contributed by atoms with Crippen LogP contribution in [0.2, 0.25) is 0 Å². The van der Waals surface area contributed by atoms with Crippen LogP contribution in [0.3, 0.4) is 0 Å². The van der Waals surface area contributed by atoms with Crippen LogP contribution in [0, 0.1) is 41.5 Å². The van der Waals surface area contributed by atoms with E-state index in [1.807, 2.05) is 12.1 Å². The average molecular weight is 954 g/mol. The van der Waals surface area contributed by atoms with E-state index in [0.29, 0.717) is 5.92 Å². The summed E-state index contributed by atoms with van der Waals surface area (Å²) in [5.41, 5.74) is 22.0. The predicted molar refractivity (Wildman–Crippen MR) is 262 cm³/mol. The van der Waals surface area contributed by atoms with Gasteiger partial charge in [0.15, 0.2) is 5.12 Å². The first-order chi connectivity index (χ1) is 30.0. The topological polar surface area (TPSA) is 71.1 Å². The summed E-state index contributed by atoms with van der Waals surface area (Å²) in [5.74, 6) is 0.386. The van der Waals surface area contributed by atoms with E-state index in [4.69, 9.17) is 19.9 Å². The van der Waals surface area contributed by atoms with Crippen molar-refractivity contribution < 1.29 is 41.3 Å². The number of rotatable bonds is 5. The molecule has 3 aromatic heterocycles. The van der Waals surface area contributed by atoms with Gasteiger partial charge in [-0.3, -0.25) is 4.79 Å². The van der Waals surface area contributed by atoms with Gasteiger partial charge in [0.2, 0.25) is 0 Å². The van der Waals surface area contributed by atoms with Crippen LogP contribution in [0.15, 0.2) is 77.7 Å². The molecule has 2 fully saturated rings. The van der Waals surface area contributed by atoms with Crippen LogP contribution < -0.4 is 9.97 Å². The van der Waals surface area contributed by atoms with Gasteiger partial charge in [-0.05, 0) is 158 Å². The van der Waals surface area contributed by atoms with Crippen LogP contribution in [0.1, 0.15) is 132 Å². The maximum atomic E-state index is 12.0. The second-order valence-corrected chi connectivity index (χ2v) is 19.1. The number of nitrogens with zero attached hydrogens (tertiary/aromatic N) is 4. The second kappa shape index (κ2) is 20.3. The molecule has 2 aliphatic carbocycles. The number of carbonyl (C=O) groups excluding carboxylic acids is 1. The van der Waals surface area contributed by atoms with Gasteiger partial charge >= 0.3 is 36.5 Å². The second-order valence-electron chi connectivity index (χ2n) is 17.8. The summed E-state index contributed by atoms with van der Waals surface area (Å²) in [6.07, 6.45) is 20.9. The van der Waals surface area contributed by atoms with Gasteiger partial charge in [0.05, 0.1) is 22.8 Å². The fraction of sp³-hybridized carbons (Fsp3) is 0.304. The molecule has 64 heavy (non-hydrogen) atoms. The van der Waals surface area contributed by atoms with E-state index in [2.05, 4.69) is 127 Å². The van der Waals surface area contributed by atoms with Gasteiger partial charge in [-0.1, -0.05) is 128 Å². The maximum absolute atomic E-state index is 12.0. The third-order valence-electron chi connectivity index (χ3n) is 12.9. The third-order valence-corrected chi connectivity index (χ3v) is 13.7. The van der Waals surface area contributed by atoms with Crippen molar-refractivity contribution in [3.8, 4) is 33.4 Å². The first-order valence-electron chi connectivity index (χ1n) is 22.5. The molecule has 0 unspecified atom stereocenters. The molecule has 6 aromatic rings. The Bertz CT molecular complexity index is 2860. The fourth-order valence-corrected chi connectivity index (χ4v) is 11.0. The van der Waals surface area contributed by atoms with E-state index in [1.54, 1.807) is 6.92 Å². The molecule has 5 heterocycles. The molecule has 0 N–H and O–H groups in total. The van der Waals surface area contributed by atoms with Gasteiger partial charge in [0.25, 0.3) is 0 Å². The Morgan fingerprint density at radius 2 is 0.906 bits per heavy atom. The Hall–Kier alpha value is -4.58. The van der Waals surface area contributed by atoms with Crippen molar-refractivity contribution in [3.05, 3.63) is 135 Å². The number of hydrogen-bond acceptors (Lipinski definition) is 4. The zero-order valence-electron chi connectivity index (χ0n) is 38.3. The molecule has 4 aliphatic rings. The van der Waals surface area contributed by atoms with Crippen LogP contribution in [0.5, 0.6) is 0 Å². The molecule has 320 valence electrons. The number of aromatic nitrogens is 4. The fourth-order valence-electron chi connectivity index (χ4n) is 10.4. The molecule has 3 aromatic carbocycles. The Morgan fingerprint density at radius 3 is 1.38 bits per heavy atom. The van der Waals surface area contributed by atoms with Crippen molar-refractivity contribution in [2.24, 2.45) is 0 Å². The Balaban J connectivity index is 0.000000820. The minimum absolute atomic E-state index is 0. The quantitative estimate of drug-likeness (QED) is 0.126. The van der Waals surface area contributed by atoms with Crippen molar-refractivity contribution in [3.63, 3.8) is 0 Å². The van der Waals surface area contributed by atoms with E-state index < -0.39 is 0 Å². The molecule has 10 rings (SSSR count). The van der Waals surface area contributed by atoms with Gasteiger partial charge in [-0.25, -0.2) is 9.97 Å². The number of fused-ring (bicyclic) bond motifs is 8. The summed E-state index contributed by atoms with van der Waals surface area (Å²) in [6.45, 7) is 14.7. The monoisotopic (exact) mass is 952 g/mol. The van der Waals surface area contributed by atoms with Crippen molar-refractivity contribution >= 4 is 63.2 Å². The zero-order valence-corrected chi connectivity index (χ0v) is 43.2. The third kappa shape index (κ3) is 9.68.